The van der Waals surface area contributed by atoms with Crippen LogP contribution in [-0.4, -0.2) is 45.6 Å². The van der Waals surface area contributed by atoms with Crippen molar-refractivity contribution in [3.63, 3.8) is 0 Å². The van der Waals surface area contributed by atoms with Crippen LogP contribution >= 0.6 is 0 Å². The maximum absolute atomic E-state index is 12.4. The van der Waals surface area contributed by atoms with Crippen LogP contribution < -0.4 is 0 Å². The molecule has 0 radical (unpaired) electrons. The van der Waals surface area contributed by atoms with E-state index in [1.807, 2.05) is 34.6 Å². The van der Waals surface area contributed by atoms with Crippen LogP contribution in [0.5, 0.6) is 0 Å². The molecular formula is C24H40O6. The molecule has 0 aromatic carbocycles. The molecule has 3 aliphatic rings. The molecule has 1 saturated heterocycles. The quantitative estimate of drug-likeness (QED) is 0.484. The molecule has 0 amide bonds. The van der Waals surface area contributed by atoms with Gasteiger partial charge in [0.15, 0.2) is 0 Å². The highest BCUT2D eigenvalue weighted by Gasteiger charge is 2.57. The van der Waals surface area contributed by atoms with Crippen molar-refractivity contribution in [1.29, 1.82) is 0 Å². The van der Waals surface area contributed by atoms with E-state index in [4.69, 9.17) is 14.2 Å². The summed E-state index contributed by atoms with van der Waals surface area (Å²) >= 11 is 0. The number of hydrogen-bond donors (Lipinski definition) is 1. The Labute approximate surface area is 181 Å². The molecule has 0 bridgehead atoms. The van der Waals surface area contributed by atoms with Gasteiger partial charge >= 0.3 is 11.9 Å². The summed E-state index contributed by atoms with van der Waals surface area (Å²) in [4.78, 5) is 24.8. The molecule has 172 valence electrons. The lowest BCUT2D eigenvalue weighted by Gasteiger charge is -2.42. The Hall–Kier alpha value is -1.14. The molecule has 6 heteroatoms. The number of esters is 2. The summed E-state index contributed by atoms with van der Waals surface area (Å²) in [6.07, 6.45) is 6.46. The topological polar surface area (TPSA) is 85.4 Å². The van der Waals surface area contributed by atoms with Gasteiger partial charge in [-0.05, 0) is 80.1 Å². The van der Waals surface area contributed by atoms with Crippen LogP contribution in [0.15, 0.2) is 0 Å². The first-order valence-corrected chi connectivity index (χ1v) is 11.6. The monoisotopic (exact) mass is 424 g/mol. The third kappa shape index (κ3) is 5.56. The zero-order valence-electron chi connectivity index (χ0n) is 19.6. The van der Waals surface area contributed by atoms with E-state index in [0.29, 0.717) is 6.42 Å². The van der Waals surface area contributed by atoms with Gasteiger partial charge < -0.3 is 19.3 Å². The van der Waals surface area contributed by atoms with Gasteiger partial charge in [0, 0.05) is 11.8 Å². The van der Waals surface area contributed by atoms with Gasteiger partial charge in [0.1, 0.15) is 11.2 Å². The van der Waals surface area contributed by atoms with Gasteiger partial charge in [-0.25, -0.2) is 0 Å². The van der Waals surface area contributed by atoms with E-state index in [1.54, 1.807) is 0 Å². The van der Waals surface area contributed by atoms with Crippen molar-refractivity contribution in [2.45, 2.75) is 128 Å². The lowest BCUT2D eigenvalue weighted by molar-refractivity contribution is -0.172. The molecule has 0 aromatic heterocycles. The molecule has 5 atom stereocenters. The molecule has 2 saturated carbocycles. The van der Waals surface area contributed by atoms with E-state index in [9.17, 15) is 14.7 Å². The van der Waals surface area contributed by atoms with Crippen LogP contribution in [0.2, 0.25) is 0 Å². The number of rotatable bonds is 7. The molecule has 30 heavy (non-hydrogen) atoms. The molecule has 1 N–H and O–H groups in total. The van der Waals surface area contributed by atoms with Gasteiger partial charge in [0.25, 0.3) is 0 Å². The molecule has 3 fully saturated rings. The lowest BCUT2D eigenvalue weighted by Crippen LogP contribution is -2.44. The first-order chi connectivity index (χ1) is 13.7. The van der Waals surface area contributed by atoms with Crippen molar-refractivity contribution in [2.24, 2.45) is 11.8 Å². The summed E-state index contributed by atoms with van der Waals surface area (Å²) in [7, 11) is 0. The number of ether oxygens (including phenoxy) is 3. The van der Waals surface area contributed by atoms with E-state index in [2.05, 4.69) is 6.92 Å². The Morgan fingerprint density at radius 2 is 1.53 bits per heavy atom. The number of aliphatic hydroxyl groups is 1. The van der Waals surface area contributed by atoms with Crippen LogP contribution in [0.25, 0.3) is 0 Å². The molecule has 2 aliphatic carbocycles. The second kappa shape index (κ2) is 8.09. The zero-order chi connectivity index (χ0) is 22.4. The van der Waals surface area contributed by atoms with E-state index < -0.39 is 16.8 Å². The summed E-state index contributed by atoms with van der Waals surface area (Å²) in [5.41, 5.74) is -1.89. The Kier molecular flexibility index (Phi) is 6.34. The lowest BCUT2D eigenvalue weighted by atomic mass is 9.72. The standard InChI is InChI=1S/C24H40O6/c1-21(2,16-11-13-24(6)18(14-16)28-24)29-19(25)9-10-20(26)30-22(3,4)17-8-7-12-23(5,27)15-17/h16-18,27H,7-15H2,1-6H3. The van der Waals surface area contributed by atoms with Gasteiger partial charge in [-0.1, -0.05) is 6.42 Å². The van der Waals surface area contributed by atoms with Crippen molar-refractivity contribution in [2.75, 3.05) is 0 Å². The Morgan fingerprint density at radius 1 is 0.967 bits per heavy atom. The number of carbonyl (C=O) groups excluding carboxylic acids is 2. The molecule has 6 nitrogen and oxygen atoms in total. The molecule has 0 spiro atoms. The molecule has 0 aromatic rings. The summed E-state index contributed by atoms with van der Waals surface area (Å²) in [5, 5.41) is 10.4. The Bertz CT molecular complexity index is 667. The molecule has 5 unspecified atom stereocenters. The van der Waals surface area contributed by atoms with Gasteiger partial charge in [-0.15, -0.1) is 0 Å². The smallest absolute Gasteiger partial charge is 0.306 e. The number of epoxide rings is 1. The van der Waals surface area contributed by atoms with Gasteiger partial charge in [-0.2, -0.15) is 0 Å². The second-order valence-electron chi connectivity index (χ2n) is 11.3. The number of carbonyl (C=O) groups is 2. The van der Waals surface area contributed by atoms with Crippen LogP contribution in [0.1, 0.15) is 99.3 Å². The van der Waals surface area contributed by atoms with Crippen LogP contribution in [0.4, 0.5) is 0 Å². The Balaban J connectivity index is 1.43. The molecule has 1 heterocycles. The van der Waals surface area contributed by atoms with E-state index >= 15 is 0 Å². The average Bonchev–Trinajstić information content (AvgIpc) is 3.29. The van der Waals surface area contributed by atoms with E-state index in [-0.39, 0.29) is 48.3 Å². The Morgan fingerprint density at radius 3 is 2.07 bits per heavy atom. The van der Waals surface area contributed by atoms with Gasteiger partial charge in [0.05, 0.1) is 30.1 Å². The van der Waals surface area contributed by atoms with E-state index in [1.165, 1.54) is 0 Å². The second-order valence-corrected chi connectivity index (χ2v) is 11.3. The van der Waals surface area contributed by atoms with Gasteiger partial charge in [-0.3, -0.25) is 9.59 Å². The van der Waals surface area contributed by atoms with E-state index in [0.717, 1.165) is 38.5 Å². The first kappa shape index (κ1) is 23.5. The minimum atomic E-state index is -0.704. The highest BCUT2D eigenvalue weighted by atomic mass is 16.6. The normalized spacial score (nSPS) is 36.6. The fraction of sp³-hybridized carbons (Fsp3) is 0.917. The van der Waals surface area contributed by atoms with Crippen molar-refractivity contribution in [1.82, 2.24) is 0 Å². The van der Waals surface area contributed by atoms with Crippen molar-refractivity contribution in [3.8, 4) is 0 Å². The zero-order valence-corrected chi connectivity index (χ0v) is 19.6. The maximum Gasteiger partial charge on any atom is 0.306 e. The summed E-state index contributed by atoms with van der Waals surface area (Å²) < 4.78 is 17.3. The van der Waals surface area contributed by atoms with Crippen molar-refractivity contribution < 1.29 is 28.9 Å². The highest BCUT2D eigenvalue weighted by Crippen LogP contribution is 2.52. The van der Waals surface area contributed by atoms with Crippen molar-refractivity contribution >= 4 is 11.9 Å². The third-order valence-electron chi connectivity index (χ3n) is 7.73. The SMILES string of the molecule is CC1(O)CCCC(C(C)(C)OC(=O)CCC(=O)OC(C)(C)C2CCC3(C)OC3C2)C1. The van der Waals surface area contributed by atoms with Crippen molar-refractivity contribution in [3.05, 3.63) is 0 Å². The summed E-state index contributed by atoms with van der Waals surface area (Å²) in [5.74, 6) is -0.370. The first-order valence-electron chi connectivity index (χ1n) is 11.6. The van der Waals surface area contributed by atoms with Crippen LogP contribution in [0.3, 0.4) is 0 Å². The third-order valence-corrected chi connectivity index (χ3v) is 7.73. The molecular weight excluding hydrogens is 384 g/mol. The fourth-order valence-electron chi connectivity index (χ4n) is 5.39. The predicted octanol–water partition coefficient (Wildman–Crippen LogP) is 4.31. The molecule has 3 rings (SSSR count). The average molecular weight is 425 g/mol. The van der Waals surface area contributed by atoms with Crippen LogP contribution in [0, 0.1) is 11.8 Å². The minimum Gasteiger partial charge on any atom is -0.459 e. The highest BCUT2D eigenvalue weighted by molar-refractivity contribution is 5.78. The predicted molar refractivity (Wildman–Crippen MR) is 113 cm³/mol. The largest absolute Gasteiger partial charge is 0.459 e. The van der Waals surface area contributed by atoms with Crippen LogP contribution in [-0.2, 0) is 23.8 Å². The maximum atomic E-state index is 12.4. The fourth-order valence-corrected chi connectivity index (χ4v) is 5.39. The number of fused-ring (bicyclic) bond motifs is 1. The number of hydrogen-bond acceptors (Lipinski definition) is 6. The molecule has 1 aliphatic heterocycles. The summed E-state index contributed by atoms with van der Waals surface area (Å²) in [6, 6.07) is 0. The van der Waals surface area contributed by atoms with Gasteiger partial charge in [0.2, 0.25) is 0 Å². The summed E-state index contributed by atoms with van der Waals surface area (Å²) in [6.45, 7) is 11.7. The minimum absolute atomic E-state index is 0.00985.